The standard InChI is InChI=1S/C11H10FN3O2/c12-9-3-1-2-8(10(9)13)11(16)14-6-7-4-5-15-17-7/h1-5H,6,13H2,(H,14,16). The Morgan fingerprint density at radius 3 is 3.00 bits per heavy atom. The molecule has 0 unspecified atom stereocenters. The Kier molecular flexibility index (Phi) is 3.04. The molecule has 1 amide bonds. The van der Waals surface area contributed by atoms with Gasteiger partial charge in [-0.1, -0.05) is 11.2 Å². The molecule has 0 aliphatic rings. The molecule has 0 bridgehead atoms. The fourth-order valence-corrected chi connectivity index (χ4v) is 1.33. The molecule has 0 saturated heterocycles. The van der Waals surface area contributed by atoms with Crippen molar-refractivity contribution in [3.8, 4) is 0 Å². The number of nitrogen functional groups attached to an aromatic ring is 1. The van der Waals surface area contributed by atoms with Gasteiger partial charge in [0.05, 0.1) is 24.0 Å². The van der Waals surface area contributed by atoms with E-state index in [0.717, 1.165) is 0 Å². The van der Waals surface area contributed by atoms with E-state index in [1.54, 1.807) is 6.07 Å². The van der Waals surface area contributed by atoms with Crippen LogP contribution < -0.4 is 11.1 Å². The zero-order chi connectivity index (χ0) is 12.3. The maximum absolute atomic E-state index is 13.1. The van der Waals surface area contributed by atoms with Gasteiger partial charge in [-0.2, -0.15) is 0 Å². The van der Waals surface area contributed by atoms with Crippen molar-refractivity contribution in [3.05, 3.63) is 47.6 Å². The van der Waals surface area contributed by atoms with E-state index in [9.17, 15) is 9.18 Å². The van der Waals surface area contributed by atoms with Crippen molar-refractivity contribution in [1.29, 1.82) is 0 Å². The molecule has 88 valence electrons. The van der Waals surface area contributed by atoms with Gasteiger partial charge in [0.2, 0.25) is 0 Å². The molecule has 6 heteroatoms. The Hall–Kier alpha value is -2.37. The minimum Gasteiger partial charge on any atom is -0.396 e. The average molecular weight is 235 g/mol. The molecule has 5 nitrogen and oxygen atoms in total. The maximum Gasteiger partial charge on any atom is 0.253 e. The number of halogens is 1. The van der Waals surface area contributed by atoms with Crippen molar-refractivity contribution in [3.63, 3.8) is 0 Å². The number of benzene rings is 1. The Morgan fingerprint density at radius 2 is 2.29 bits per heavy atom. The van der Waals surface area contributed by atoms with Crippen molar-refractivity contribution >= 4 is 11.6 Å². The summed E-state index contributed by atoms with van der Waals surface area (Å²) in [6, 6.07) is 5.70. The fraction of sp³-hybridized carbons (Fsp3) is 0.0909. The lowest BCUT2D eigenvalue weighted by Gasteiger charge is -2.06. The van der Waals surface area contributed by atoms with E-state index >= 15 is 0 Å². The minimum absolute atomic E-state index is 0.101. The first-order chi connectivity index (χ1) is 8.18. The van der Waals surface area contributed by atoms with Crippen molar-refractivity contribution < 1.29 is 13.7 Å². The van der Waals surface area contributed by atoms with E-state index in [1.165, 1.54) is 24.4 Å². The number of hydrogen-bond donors (Lipinski definition) is 2. The highest BCUT2D eigenvalue weighted by molar-refractivity contribution is 5.99. The SMILES string of the molecule is Nc1c(F)cccc1C(=O)NCc1ccno1. The summed E-state index contributed by atoms with van der Waals surface area (Å²) in [4.78, 5) is 11.7. The first kappa shape index (κ1) is 11.1. The van der Waals surface area contributed by atoms with Crippen LogP contribution in [-0.2, 0) is 6.54 Å². The van der Waals surface area contributed by atoms with Gasteiger partial charge in [-0.25, -0.2) is 4.39 Å². The third-order valence-corrected chi connectivity index (χ3v) is 2.21. The number of carbonyl (C=O) groups is 1. The predicted octanol–water partition coefficient (Wildman–Crippen LogP) is 1.33. The van der Waals surface area contributed by atoms with Crippen LogP contribution in [-0.4, -0.2) is 11.1 Å². The van der Waals surface area contributed by atoms with Gasteiger partial charge < -0.3 is 15.6 Å². The second-order valence-corrected chi connectivity index (χ2v) is 3.36. The van der Waals surface area contributed by atoms with Gasteiger partial charge in [0.25, 0.3) is 5.91 Å². The summed E-state index contributed by atoms with van der Waals surface area (Å²) >= 11 is 0. The van der Waals surface area contributed by atoms with Crippen LogP contribution in [0.3, 0.4) is 0 Å². The third kappa shape index (κ3) is 2.41. The van der Waals surface area contributed by atoms with Crippen molar-refractivity contribution in [2.75, 3.05) is 5.73 Å². The van der Waals surface area contributed by atoms with Crippen molar-refractivity contribution in [2.45, 2.75) is 6.54 Å². The van der Waals surface area contributed by atoms with Gasteiger partial charge in [-0.3, -0.25) is 4.79 Å². The fourth-order valence-electron chi connectivity index (χ4n) is 1.33. The lowest BCUT2D eigenvalue weighted by molar-refractivity contribution is 0.0947. The van der Waals surface area contributed by atoms with E-state index in [0.29, 0.717) is 5.76 Å². The molecule has 0 radical (unpaired) electrons. The molecule has 2 rings (SSSR count). The number of nitrogens with one attached hydrogen (secondary N) is 1. The molecule has 1 aromatic carbocycles. The number of rotatable bonds is 3. The summed E-state index contributed by atoms with van der Waals surface area (Å²) in [6.07, 6.45) is 1.47. The normalized spacial score (nSPS) is 10.2. The van der Waals surface area contributed by atoms with Crippen LogP contribution in [0, 0.1) is 5.82 Å². The number of nitrogens with two attached hydrogens (primary N) is 1. The van der Waals surface area contributed by atoms with Crippen LogP contribution in [0.4, 0.5) is 10.1 Å². The van der Waals surface area contributed by atoms with Crippen LogP contribution in [0.15, 0.2) is 35.0 Å². The number of anilines is 1. The number of hydrogen-bond acceptors (Lipinski definition) is 4. The number of aromatic nitrogens is 1. The molecule has 0 aliphatic carbocycles. The Bertz CT molecular complexity index is 526. The predicted molar refractivity (Wildman–Crippen MR) is 58.5 cm³/mol. The third-order valence-electron chi connectivity index (χ3n) is 2.21. The van der Waals surface area contributed by atoms with Gasteiger partial charge in [-0.15, -0.1) is 0 Å². The van der Waals surface area contributed by atoms with Crippen molar-refractivity contribution in [2.24, 2.45) is 0 Å². The first-order valence-electron chi connectivity index (χ1n) is 4.90. The smallest absolute Gasteiger partial charge is 0.253 e. The quantitative estimate of drug-likeness (QED) is 0.786. The molecule has 2 aromatic rings. The second kappa shape index (κ2) is 4.65. The Balaban J connectivity index is 2.07. The summed E-state index contributed by atoms with van der Waals surface area (Å²) in [5.41, 5.74) is 5.40. The summed E-state index contributed by atoms with van der Waals surface area (Å²) < 4.78 is 17.9. The second-order valence-electron chi connectivity index (χ2n) is 3.36. The lowest BCUT2D eigenvalue weighted by Crippen LogP contribution is -2.23. The Labute approximate surface area is 96.4 Å². The van der Waals surface area contributed by atoms with Crippen LogP contribution in [0.25, 0.3) is 0 Å². The largest absolute Gasteiger partial charge is 0.396 e. The van der Waals surface area contributed by atoms with Gasteiger partial charge in [0, 0.05) is 6.07 Å². The molecular formula is C11H10FN3O2. The first-order valence-corrected chi connectivity index (χ1v) is 4.90. The van der Waals surface area contributed by atoms with Crippen LogP contribution >= 0.6 is 0 Å². The molecule has 1 aromatic heterocycles. The highest BCUT2D eigenvalue weighted by Crippen LogP contribution is 2.15. The number of amides is 1. The highest BCUT2D eigenvalue weighted by atomic mass is 19.1. The van der Waals surface area contributed by atoms with Gasteiger partial charge in [0.15, 0.2) is 5.76 Å². The lowest BCUT2D eigenvalue weighted by atomic mass is 10.1. The summed E-state index contributed by atoms with van der Waals surface area (Å²) in [7, 11) is 0. The molecule has 0 saturated carbocycles. The van der Waals surface area contributed by atoms with Gasteiger partial charge in [-0.05, 0) is 12.1 Å². The van der Waals surface area contributed by atoms with E-state index in [2.05, 4.69) is 10.5 Å². The van der Waals surface area contributed by atoms with E-state index in [4.69, 9.17) is 10.3 Å². The topological polar surface area (TPSA) is 81.2 Å². The van der Waals surface area contributed by atoms with Gasteiger partial charge >= 0.3 is 0 Å². The average Bonchev–Trinajstić information content (AvgIpc) is 2.82. The van der Waals surface area contributed by atoms with E-state index < -0.39 is 11.7 Å². The highest BCUT2D eigenvalue weighted by Gasteiger charge is 2.12. The Morgan fingerprint density at radius 1 is 1.47 bits per heavy atom. The van der Waals surface area contributed by atoms with E-state index in [-0.39, 0.29) is 17.8 Å². The van der Waals surface area contributed by atoms with Crippen LogP contribution in [0.5, 0.6) is 0 Å². The van der Waals surface area contributed by atoms with Crippen LogP contribution in [0.2, 0.25) is 0 Å². The summed E-state index contributed by atoms with van der Waals surface area (Å²) in [6.45, 7) is 0.175. The molecule has 1 heterocycles. The monoisotopic (exact) mass is 235 g/mol. The van der Waals surface area contributed by atoms with Crippen molar-refractivity contribution in [1.82, 2.24) is 10.5 Å². The van der Waals surface area contributed by atoms with Crippen LogP contribution in [0.1, 0.15) is 16.1 Å². The zero-order valence-corrected chi connectivity index (χ0v) is 8.81. The maximum atomic E-state index is 13.1. The zero-order valence-electron chi connectivity index (χ0n) is 8.81. The number of carbonyl (C=O) groups excluding carboxylic acids is 1. The molecular weight excluding hydrogens is 225 g/mol. The van der Waals surface area contributed by atoms with E-state index in [1.807, 2.05) is 0 Å². The molecule has 17 heavy (non-hydrogen) atoms. The summed E-state index contributed by atoms with van der Waals surface area (Å²) in [5.74, 6) is -0.566. The van der Waals surface area contributed by atoms with Gasteiger partial charge in [0.1, 0.15) is 5.82 Å². The number of para-hydroxylation sites is 1. The molecule has 0 spiro atoms. The molecule has 0 fully saturated rings. The molecule has 3 N–H and O–H groups in total. The number of nitrogens with zero attached hydrogens (tertiary/aromatic N) is 1. The minimum atomic E-state index is -0.614. The molecule has 0 aliphatic heterocycles. The molecule has 0 atom stereocenters. The summed E-state index contributed by atoms with van der Waals surface area (Å²) in [5, 5.41) is 6.04.